The van der Waals surface area contributed by atoms with Gasteiger partial charge in [0.2, 0.25) is 5.91 Å². The Balaban J connectivity index is 2.77. The Morgan fingerprint density at radius 3 is 2.69 bits per heavy atom. The minimum Gasteiger partial charge on any atom is -0.495 e. The molecule has 1 amide bonds. The monoisotopic (exact) mass is 241 g/mol. The lowest BCUT2D eigenvalue weighted by Crippen LogP contribution is -2.37. The molecule has 6 heteroatoms. The van der Waals surface area contributed by atoms with Gasteiger partial charge in [-0.15, -0.1) is 0 Å². The summed E-state index contributed by atoms with van der Waals surface area (Å²) in [6, 6.07) is 4.73. The Kier molecular flexibility index (Phi) is 2.38. The van der Waals surface area contributed by atoms with Crippen molar-refractivity contribution < 1.29 is 17.9 Å². The molecule has 1 aliphatic rings. The van der Waals surface area contributed by atoms with Gasteiger partial charge in [0, 0.05) is 0 Å². The van der Waals surface area contributed by atoms with E-state index in [1.54, 1.807) is 18.2 Å². The number of hydrogen-bond donors (Lipinski definition) is 1. The first-order valence-corrected chi connectivity index (χ1v) is 6.25. The normalized spacial score (nSPS) is 22.1. The zero-order chi connectivity index (χ0) is 11.9. The molecule has 1 aromatic rings. The highest BCUT2D eigenvalue weighted by atomic mass is 32.2. The minimum absolute atomic E-state index is 0.0598. The molecule has 0 radical (unpaired) electrons. The quantitative estimate of drug-likeness (QED) is 0.789. The highest BCUT2D eigenvalue weighted by molar-refractivity contribution is 7.93. The number of anilines is 1. The topological polar surface area (TPSA) is 72.5 Å². The van der Waals surface area contributed by atoms with Crippen molar-refractivity contribution in [1.82, 2.24) is 0 Å². The fourth-order valence-electron chi connectivity index (χ4n) is 1.62. The molecule has 0 saturated heterocycles. The Hall–Kier alpha value is -1.56. The number of benzene rings is 1. The van der Waals surface area contributed by atoms with Gasteiger partial charge in [-0.3, -0.25) is 4.79 Å². The Morgan fingerprint density at radius 2 is 2.06 bits per heavy atom. The number of nitrogens with one attached hydrogen (secondary N) is 1. The summed E-state index contributed by atoms with van der Waals surface area (Å²) in [6.45, 7) is 1.36. The van der Waals surface area contributed by atoms with Gasteiger partial charge in [-0.1, -0.05) is 6.07 Å². The van der Waals surface area contributed by atoms with E-state index in [0.717, 1.165) is 0 Å². The van der Waals surface area contributed by atoms with Crippen molar-refractivity contribution in [3.05, 3.63) is 18.2 Å². The third-order valence-electron chi connectivity index (χ3n) is 2.58. The Bertz CT molecular complexity index is 550. The fraction of sp³-hybridized carbons (Fsp3) is 0.300. The van der Waals surface area contributed by atoms with Gasteiger partial charge in [0.05, 0.1) is 12.8 Å². The maximum absolute atomic E-state index is 12.1. The third-order valence-corrected chi connectivity index (χ3v) is 4.71. The number of methoxy groups -OCH3 is 1. The van der Waals surface area contributed by atoms with E-state index < -0.39 is 21.0 Å². The summed E-state index contributed by atoms with van der Waals surface area (Å²) in [5.41, 5.74) is 0.280. The first-order valence-electron chi connectivity index (χ1n) is 4.70. The molecule has 1 heterocycles. The van der Waals surface area contributed by atoms with Crippen LogP contribution in [0.15, 0.2) is 23.1 Å². The molecular formula is C10H11NO4S. The molecule has 0 bridgehead atoms. The summed E-state index contributed by atoms with van der Waals surface area (Å²) in [5.74, 6) is -0.259. The van der Waals surface area contributed by atoms with Gasteiger partial charge in [-0.2, -0.15) is 0 Å². The highest BCUT2D eigenvalue weighted by Gasteiger charge is 2.38. The van der Waals surface area contributed by atoms with Crippen LogP contribution in [-0.4, -0.2) is 26.7 Å². The zero-order valence-corrected chi connectivity index (χ0v) is 9.67. The first kappa shape index (κ1) is 10.9. The number of ether oxygens (including phenoxy) is 1. The van der Waals surface area contributed by atoms with E-state index in [2.05, 4.69) is 5.32 Å². The van der Waals surface area contributed by atoms with Crippen molar-refractivity contribution in [1.29, 1.82) is 0 Å². The molecule has 86 valence electrons. The van der Waals surface area contributed by atoms with Crippen molar-refractivity contribution in [2.45, 2.75) is 17.1 Å². The number of fused-ring (bicyclic) bond motifs is 1. The number of rotatable bonds is 1. The van der Waals surface area contributed by atoms with Crippen LogP contribution in [-0.2, 0) is 14.6 Å². The van der Waals surface area contributed by atoms with Gasteiger partial charge in [0.1, 0.15) is 15.9 Å². The highest BCUT2D eigenvalue weighted by Crippen LogP contribution is 2.37. The lowest BCUT2D eigenvalue weighted by molar-refractivity contribution is -0.115. The molecule has 5 nitrogen and oxygen atoms in total. The maximum atomic E-state index is 12.1. The second-order valence-corrected chi connectivity index (χ2v) is 5.72. The van der Waals surface area contributed by atoms with E-state index in [0.29, 0.717) is 0 Å². The van der Waals surface area contributed by atoms with Crippen LogP contribution in [0.3, 0.4) is 0 Å². The molecular weight excluding hydrogens is 230 g/mol. The van der Waals surface area contributed by atoms with Crippen LogP contribution in [0.1, 0.15) is 6.92 Å². The Labute approximate surface area is 93.3 Å². The van der Waals surface area contributed by atoms with Gasteiger partial charge in [0.15, 0.2) is 9.84 Å². The number of carbonyl (C=O) groups is 1. The predicted molar refractivity (Wildman–Crippen MR) is 58.3 cm³/mol. The van der Waals surface area contributed by atoms with Gasteiger partial charge in [-0.05, 0) is 19.1 Å². The molecule has 1 unspecified atom stereocenters. The smallest absolute Gasteiger partial charge is 0.242 e. The van der Waals surface area contributed by atoms with Crippen LogP contribution in [0.2, 0.25) is 0 Å². The van der Waals surface area contributed by atoms with Crippen molar-refractivity contribution >= 4 is 21.4 Å². The third kappa shape index (κ3) is 1.37. The molecule has 0 saturated carbocycles. The largest absolute Gasteiger partial charge is 0.495 e. The van der Waals surface area contributed by atoms with Gasteiger partial charge in [-0.25, -0.2) is 8.42 Å². The molecule has 0 aromatic heterocycles. The first-order chi connectivity index (χ1) is 7.48. The molecule has 1 aromatic carbocycles. The van der Waals surface area contributed by atoms with Crippen LogP contribution >= 0.6 is 0 Å². The summed E-state index contributed by atoms with van der Waals surface area (Å²) in [7, 11) is -2.25. The number of sulfone groups is 1. The number of amides is 1. The molecule has 16 heavy (non-hydrogen) atoms. The van der Waals surface area contributed by atoms with Crippen LogP contribution in [0.5, 0.6) is 5.75 Å². The second-order valence-electron chi connectivity index (χ2n) is 3.51. The molecule has 0 fully saturated rings. The minimum atomic E-state index is -3.65. The van der Waals surface area contributed by atoms with Crippen molar-refractivity contribution in [3.63, 3.8) is 0 Å². The van der Waals surface area contributed by atoms with Crippen LogP contribution in [0.25, 0.3) is 0 Å². The molecule has 1 atom stereocenters. The maximum Gasteiger partial charge on any atom is 0.242 e. The number of hydrogen-bond acceptors (Lipinski definition) is 4. The summed E-state index contributed by atoms with van der Waals surface area (Å²) >= 11 is 0. The average molecular weight is 241 g/mol. The van der Waals surface area contributed by atoms with Gasteiger partial charge in [0.25, 0.3) is 0 Å². The molecule has 0 spiro atoms. The van der Waals surface area contributed by atoms with E-state index in [4.69, 9.17) is 4.74 Å². The summed E-state index contributed by atoms with van der Waals surface area (Å²) in [5, 5.41) is 1.46. The summed E-state index contributed by atoms with van der Waals surface area (Å²) in [6.07, 6.45) is 0. The number of carbonyl (C=O) groups excluding carboxylic acids is 1. The molecule has 1 aliphatic heterocycles. The van der Waals surface area contributed by atoms with E-state index in [-0.39, 0.29) is 16.3 Å². The second kappa shape index (κ2) is 3.48. The molecule has 2 rings (SSSR count). The Morgan fingerprint density at radius 1 is 1.38 bits per heavy atom. The van der Waals surface area contributed by atoms with Crippen molar-refractivity contribution in [2.75, 3.05) is 12.4 Å². The fourth-order valence-corrected chi connectivity index (χ4v) is 3.17. The zero-order valence-electron chi connectivity index (χ0n) is 8.85. The van der Waals surface area contributed by atoms with Crippen LogP contribution in [0.4, 0.5) is 5.69 Å². The van der Waals surface area contributed by atoms with Gasteiger partial charge >= 0.3 is 0 Å². The lowest BCUT2D eigenvalue weighted by Gasteiger charge is -2.23. The van der Waals surface area contributed by atoms with Crippen LogP contribution < -0.4 is 10.1 Å². The van der Waals surface area contributed by atoms with E-state index in [9.17, 15) is 13.2 Å². The summed E-state index contributed by atoms with van der Waals surface area (Å²) in [4.78, 5) is 11.5. The SMILES string of the molecule is COc1cccc2c1S(=O)(=O)C(C)C(=O)N2. The van der Waals surface area contributed by atoms with E-state index in [1.807, 2.05) is 0 Å². The average Bonchev–Trinajstić information content (AvgIpc) is 2.25. The molecule has 0 aliphatic carbocycles. The lowest BCUT2D eigenvalue weighted by atomic mass is 10.2. The van der Waals surface area contributed by atoms with E-state index in [1.165, 1.54) is 14.0 Å². The summed E-state index contributed by atoms with van der Waals surface area (Å²) < 4.78 is 29.1. The van der Waals surface area contributed by atoms with Crippen molar-refractivity contribution in [2.24, 2.45) is 0 Å². The van der Waals surface area contributed by atoms with Gasteiger partial charge < -0.3 is 10.1 Å². The van der Waals surface area contributed by atoms with Crippen molar-refractivity contribution in [3.8, 4) is 5.75 Å². The molecule has 1 N–H and O–H groups in total. The standard InChI is InChI=1S/C10H11NO4S/c1-6-10(12)11-7-4-3-5-8(15-2)9(7)16(6,13)14/h3-6H,1-2H3,(H,11,12). The predicted octanol–water partition coefficient (Wildman–Crippen LogP) is 0.809. The van der Waals surface area contributed by atoms with Crippen LogP contribution in [0, 0.1) is 0 Å². The van der Waals surface area contributed by atoms with E-state index >= 15 is 0 Å².